The first kappa shape index (κ1) is 16.6. The molecule has 2 aromatic carbocycles. The smallest absolute Gasteiger partial charge is 0.159 e. The Bertz CT molecular complexity index is 1220. The number of benzene rings is 2. The SMILES string of the molecule is Cn1c(-c2ccc(F)cc2)cc2nc3c(cc(-c4ccc(F)cc4)n3C)nc21. The van der Waals surface area contributed by atoms with Crippen molar-refractivity contribution < 1.29 is 8.78 Å². The highest BCUT2D eigenvalue weighted by Crippen LogP contribution is 2.30. The Morgan fingerprint density at radius 2 is 0.964 bits per heavy atom. The van der Waals surface area contributed by atoms with Gasteiger partial charge in [-0.15, -0.1) is 0 Å². The zero-order valence-corrected chi connectivity index (χ0v) is 15.3. The minimum atomic E-state index is -0.266. The average molecular weight is 374 g/mol. The summed E-state index contributed by atoms with van der Waals surface area (Å²) in [5.74, 6) is -0.532. The fourth-order valence-electron chi connectivity index (χ4n) is 3.61. The predicted molar refractivity (Wildman–Crippen MR) is 106 cm³/mol. The summed E-state index contributed by atoms with van der Waals surface area (Å²) in [6.45, 7) is 0. The van der Waals surface area contributed by atoms with Gasteiger partial charge in [-0.05, 0) is 71.8 Å². The van der Waals surface area contributed by atoms with E-state index >= 15 is 0 Å². The lowest BCUT2D eigenvalue weighted by Gasteiger charge is -2.04. The summed E-state index contributed by atoms with van der Waals surface area (Å²) in [5, 5.41) is 0. The van der Waals surface area contributed by atoms with Gasteiger partial charge >= 0.3 is 0 Å². The Morgan fingerprint density at radius 1 is 0.607 bits per heavy atom. The molecule has 0 aliphatic carbocycles. The number of halogens is 2. The van der Waals surface area contributed by atoms with Crippen LogP contribution in [-0.4, -0.2) is 19.1 Å². The Hall–Kier alpha value is -3.54. The minimum Gasteiger partial charge on any atom is -0.327 e. The highest BCUT2D eigenvalue weighted by atomic mass is 19.1. The molecule has 0 aliphatic rings. The van der Waals surface area contributed by atoms with E-state index in [1.807, 2.05) is 35.4 Å². The topological polar surface area (TPSA) is 35.6 Å². The molecule has 0 radical (unpaired) electrons. The summed E-state index contributed by atoms with van der Waals surface area (Å²) in [5.41, 5.74) is 6.68. The van der Waals surface area contributed by atoms with Crippen LogP contribution in [0.15, 0.2) is 60.7 Å². The van der Waals surface area contributed by atoms with E-state index in [4.69, 9.17) is 9.97 Å². The zero-order chi connectivity index (χ0) is 19.4. The lowest BCUT2D eigenvalue weighted by Crippen LogP contribution is -1.96. The second-order valence-corrected chi connectivity index (χ2v) is 6.83. The molecule has 0 atom stereocenters. The fraction of sp³-hybridized carbons (Fsp3) is 0.0909. The molecule has 28 heavy (non-hydrogen) atoms. The Morgan fingerprint density at radius 3 is 1.32 bits per heavy atom. The molecule has 3 aromatic heterocycles. The molecule has 0 saturated heterocycles. The van der Waals surface area contributed by atoms with Crippen molar-refractivity contribution in [2.75, 3.05) is 0 Å². The van der Waals surface area contributed by atoms with Crippen LogP contribution in [0.1, 0.15) is 0 Å². The van der Waals surface area contributed by atoms with Crippen molar-refractivity contribution in [2.45, 2.75) is 0 Å². The van der Waals surface area contributed by atoms with E-state index in [1.165, 1.54) is 24.3 Å². The third-order valence-electron chi connectivity index (χ3n) is 5.10. The van der Waals surface area contributed by atoms with Crippen molar-refractivity contribution in [3.63, 3.8) is 0 Å². The van der Waals surface area contributed by atoms with Crippen molar-refractivity contribution in [3.05, 3.63) is 72.3 Å². The maximum absolute atomic E-state index is 13.2. The molecule has 0 amide bonds. The normalized spacial score (nSPS) is 11.6. The van der Waals surface area contributed by atoms with Crippen LogP contribution in [0.5, 0.6) is 0 Å². The van der Waals surface area contributed by atoms with Gasteiger partial charge in [-0.2, -0.15) is 0 Å². The van der Waals surface area contributed by atoms with Crippen LogP contribution in [-0.2, 0) is 14.1 Å². The number of aromatic nitrogens is 4. The maximum Gasteiger partial charge on any atom is 0.159 e. The van der Waals surface area contributed by atoms with Gasteiger partial charge in [0.1, 0.15) is 22.7 Å². The van der Waals surface area contributed by atoms with Crippen LogP contribution < -0.4 is 0 Å². The van der Waals surface area contributed by atoms with Crippen LogP contribution in [0, 0.1) is 11.6 Å². The molecule has 6 heteroatoms. The van der Waals surface area contributed by atoms with Gasteiger partial charge in [0.15, 0.2) is 11.3 Å². The number of hydrogen-bond donors (Lipinski definition) is 0. The number of aryl methyl sites for hydroxylation is 2. The fourth-order valence-corrected chi connectivity index (χ4v) is 3.61. The van der Waals surface area contributed by atoms with Gasteiger partial charge in [0, 0.05) is 14.1 Å². The summed E-state index contributed by atoms with van der Waals surface area (Å²) in [6.07, 6.45) is 0. The third kappa shape index (κ3) is 2.49. The molecule has 0 bridgehead atoms. The molecule has 5 rings (SSSR count). The van der Waals surface area contributed by atoms with Crippen molar-refractivity contribution in [1.82, 2.24) is 19.1 Å². The summed E-state index contributed by atoms with van der Waals surface area (Å²) >= 11 is 0. The van der Waals surface area contributed by atoms with E-state index in [2.05, 4.69) is 0 Å². The van der Waals surface area contributed by atoms with Crippen LogP contribution in [0.3, 0.4) is 0 Å². The second kappa shape index (κ2) is 5.99. The van der Waals surface area contributed by atoms with Gasteiger partial charge < -0.3 is 9.13 Å². The van der Waals surface area contributed by atoms with Crippen LogP contribution >= 0.6 is 0 Å². The molecule has 0 N–H and O–H groups in total. The van der Waals surface area contributed by atoms with Gasteiger partial charge in [0.05, 0.1) is 11.4 Å². The zero-order valence-electron chi connectivity index (χ0n) is 15.3. The number of hydrogen-bond acceptors (Lipinski definition) is 2. The van der Waals surface area contributed by atoms with E-state index in [-0.39, 0.29) is 11.6 Å². The molecule has 0 fully saturated rings. The molecular weight excluding hydrogens is 358 g/mol. The quantitative estimate of drug-likeness (QED) is 0.432. The van der Waals surface area contributed by atoms with E-state index in [1.54, 1.807) is 24.3 Å². The molecule has 5 aromatic rings. The Labute approximate surface area is 159 Å². The molecular formula is C22H16F2N4. The van der Waals surface area contributed by atoms with Crippen molar-refractivity contribution in [2.24, 2.45) is 14.1 Å². The summed E-state index contributed by atoms with van der Waals surface area (Å²) < 4.78 is 30.4. The van der Waals surface area contributed by atoms with Gasteiger partial charge in [-0.3, -0.25) is 0 Å². The van der Waals surface area contributed by atoms with Gasteiger partial charge in [-0.1, -0.05) is 0 Å². The number of nitrogens with zero attached hydrogens (tertiary/aromatic N) is 4. The van der Waals surface area contributed by atoms with E-state index in [9.17, 15) is 8.78 Å². The van der Waals surface area contributed by atoms with Crippen LogP contribution in [0.25, 0.3) is 44.8 Å². The molecule has 138 valence electrons. The summed E-state index contributed by atoms with van der Waals surface area (Å²) in [4.78, 5) is 9.59. The summed E-state index contributed by atoms with van der Waals surface area (Å²) in [7, 11) is 3.84. The van der Waals surface area contributed by atoms with Crippen molar-refractivity contribution in [3.8, 4) is 22.5 Å². The average Bonchev–Trinajstić information content (AvgIpc) is 3.19. The molecule has 0 unspecified atom stereocenters. The first-order valence-electron chi connectivity index (χ1n) is 8.86. The number of rotatable bonds is 2. The maximum atomic E-state index is 13.2. The first-order chi connectivity index (χ1) is 13.5. The molecule has 0 spiro atoms. The molecule has 0 saturated carbocycles. The lowest BCUT2D eigenvalue weighted by atomic mass is 10.1. The minimum absolute atomic E-state index is 0.266. The van der Waals surface area contributed by atoms with E-state index in [0.717, 1.165) is 44.8 Å². The predicted octanol–water partition coefficient (Wildman–Crippen LogP) is 5.07. The molecule has 4 nitrogen and oxygen atoms in total. The Balaban J connectivity index is 1.69. The van der Waals surface area contributed by atoms with Gasteiger partial charge in [-0.25, -0.2) is 18.7 Å². The van der Waals surface area contributed by atoms with E-state index in [0.29, 0.717) is 0 Å². The number of fused-ring (bicyclic) bond motifs is 2. The molecule has 3 heterocycles. The third-order valence-corrected chi connectivity index (χ3v) is 5.10. The summed E-state index contributed by atoms with van der Waals surface area (Å²) in [6, 6.07) is 16.7. The highest BCUT2D eigenvalue weighted by Gasteiger charge is 2.16. The second-order valence-electron chi connectivity index (χ2n) is 6.83. The van der Waals surface area contributed by atoms with E-state index < -0.39 is 0 Å². The van der Waals surface area contributed by atoms with Crippen molar-refractivity contribution in [1.29, 1.82) is 0 Å². The Kier molecular flexibility index (Phi) is 3.55. The van der Waals surface area contributed by atoms with Gasteiger partial charge in [0.2, 0.25) is 0 Å². The lowest BCUT2D eigenvalue weighted by molar-refractivity contribution is 0.627. The van der Waals surface area contributed by atoms with Crippen LogP contribution in [0.4, 0.5) is 8.78 Å². The van der Waals surface area contributed by atoms with Crippen LogP contribution in [0.2, 0.25) is 0 Å². The standard InChI is InChI=1S/C22H16F2N4/c1-27-19(13-3-7-15(23)8-4-13)11-17-21(27)25-18-12-20(28(2)22(18)26-17)14-5-9-16(24)10-6-14/h3-12H,1-2H3. The highest BCUT2D eigenvalue weighted by molar-refractivity contribution is 5.90. The molecule has 0 aliphatic heterocycles. The van der Waals surface area contributed by atoms with Gasteiger partial charge in [0.25, 0.3) is 0 Å². The largest absolute Gasteiger partial charge is 0.327 e. The monoisotopic (exact) mass is 374 g/mol. The first-order valence-corrected chi connectivity index (χ1v) is 8.86. The van der Waals surface area contributed by atoms with Crippen molar-refractivity contribution >= 4 is 22.3 Å².